The first-order valence-corrected chi connectivity index (χ1v) is 11.3. The smallest absolute Gasteiger partial charge is 0.258 e. The third-order valence-corrected chi connectivity index (χ3v) is 7.00. The summed E-state index contributed by atoms with van der Waals surface area (Å²) in [6.07, 6.45) is 2.98. The second-order valence-electron chi connectivity index (χ2n) is 8.83. The van der Waals surface area contributed by atoms with Crippen molar-refractivity contribution in [1.82, 2.24) is 9.47 Å². The molecule has 0 spiro atoms. The van der Waals surface area contributed by atoms with E-state index in [1.54, 1.807) is 0 Å². The fourth-order valence-corrected chi connectivity index (χ4v) is 5.23. The number of hydrogen-bond acceptors (Lipinski definition) is 3. The van der Waals surface area contributed by atoms with Crippen LogP contribution < -0.4 is 10.5 Å². The maximum Gasteiger partial charge on any atom is 0.258 e. The van der Waals surface area contributed by atoms with E-state index < -0.39 is 0 Å². The van der Waals surface area contributed by atoms with E-state index in [1.165, 1.54) is 5.56 Å². The highest BCUT2D eigenvalue weighted by Crippen LogP contribution is 2.34. The number of hydrogen-bond donors (Lipinski definition) is 0. The molecule has 1 fully saturated rings. The van der Waals surface area contributed by atoms with E-state index >= 15 is 0 Å². The minimum Gasteiger partial charge on any atom is -0.309 e. The van der Waals surface area contributed by atoms with Gasteiger partial charge in [0.2, 0.25) is 0 Å². The summed E-state index contributed by atoms with van der Waals surface area (Å²) in [5, 5.41) is 1.05. The standard InChI is InChI=1S/C26H29N3O2/c1-3-28-24-9-8-20(26(31)29-15-12-19-6-4-5-7-23(19)29)16-22(24)21(17-25(28)30)18-10-13-27(2)14-11-18/h4-9,16-18H,3,10-15H2,1-2H3. The van der Waals surface area contributed by atoms with Crippen molar-refractivity contribution in [2.75, 3.05) is 31.6 Å². The van der Waals surface area contributed by atoms with Gasteiger partial charge >= 0.3 is 0 Å². The second kappa shape index (κ2) is 7.97. The molecule has 0 unspecified atom stereocenters. The topological polar surface area (TPSA) is 45.6 Å². The molecule has 2 aromatic carbocycles. The molecule has 0 aliphatic carbocycles. The zero-order valence-corrected chi connectivity index (χ0v) is 18.3. The third-order valence-electron chi connectivity index (χ3n) is 7.00. The van der Waals surface area contributed by atoms with Crippen molar-refractivity contribution in [2.24, 2.45) is 0 Å². The quantitative estimate of drug-likeness (QED) is 0.649. The van der Waals surface area contributed by atoms with Crippen LogP contribution in [0.15, 0.2) is 53.3 Å². The Hall–Kier alpha value is -2.92. The lowest BCUT2D eigenvalue weighted by atomic mass is 9.87. The number of anilines is 1. The molecule has 31 heavy (non-hydrogen) atoms. The Morgan fingerprint density at radius 3 is 2.58 bits per heavy atom. The van der Waals surface area contributed by atoms with Crippen LogP contribution >= 0.6 is 0 Å². The van der Waals surface area contributed by atoms with Crippen molar-refractivity contribution >= 4 is 22.5 Å². The van der Waals surface area contributed by atoms with Crippen LogP contribution in [0.2, 0.25) is 0 Å². The van der Waals surface area contributed by atoms with Gasteiger partial charge in [0.25, 0.3) is 11.5 Å². The summed E-state index contributed by atoms with van der Waals surface area (Å²) in [6.45, 7) is 5.40. The molecule has 1 amide bonds. The van der Waals surface area contributed by atoms with E-state index in [0.29, 0.717) is 24.6 Å². The SMILES string of the molecule is CCn1c(=O)cc(C2CCN(C)CC2)c2cc(C(=O)N3CCc4ccccc43)ccc21. The van der Waals surface area contributed by atoms with Gasteiger partial charge in [0.1, 0.15) is 0 Å². The second-order valence-corrected chi connectivity index (χ2v) is 8.83. The van der Waals surface area contributed by atoms with Gasteiger partial charge in [-0.15, -0.1) is 0 Å². The van der Waals surface area contributed by atoms with Crippen molar-refractivity contribution < 1.29 is 4.79 Å². The Labute approximate surface area is 182 Å². The summed E-state index contributed by atoms with van der Waals surface area (Å²) in [5.74, 6) is 0.395. The van der Waals surface area contributed by atoms with Gasteiger partial charge in [-0.2, -0.15) is 0 Å². The molecule has 0 atom stereocenters. The minimum atomic E-state index is 0.0374. The highest BCUT2D eigenvalue weighted by Gasteiger charge is 2.27. The predicted octanol–water partition coefficient (Wildman–Crippen LogP) is 4.03. The van der Waals surface area contributed by atoms with E-state index in [1.807, 2.05) is 58.9 Å². The molecule has 0 N–H and O–H groups in total. The van der Waals surface area contributed by atoms with Crippen molar-refractivity contribution in [3.63, 3.8) is 0 Å². The van der Waals surface area contributed by atoms with E-state index in [-0.39, 0.29) is 11.5 Å². The summed E-state index contributed by atoms with van der Waals surface area (Å²) in [5.41, 5.74) is 5.03. The number of likely N-dealkylation sites (tertiary alicyclic amines) is 1. The molecule has 160 valence electrons. The molecule has 0 bridgehead atoms. The molecular weight excluding hydrogens is 386 g/mol. The minimum absolute atomic E-state index is 0.0374. The molecule has 1 saturated heterocycles. The predicted molar refractivity (Wildman–Crippen MR) is 125 cm³/mol. The molecule has 0 saturated carbocycles. The normalized spacial score (nSPS) is 17.3. The number of piperidine rings is 1. The Balaban J connectivity index is 1.60. The van der Waals surface area contributed by atoms with Crippen LogP contribution in [0.3, 0.4) is 0 Å². The first-order valence-electron chi connectivity index (χ1n) is 11.3. The largest absolute Gasteiger partial charge is 0.309 e. The lowest BCUT2D eigenvalue weighted by Gasteiger charge is -2.30. The van der Waals surface area contributed by atoms with E-state index in [9.17, 15) is 9.59 Å². The molecule has 1 aromatic heterocycles. The van der Waals surface area contributed by atoms with Crippen LogP contribution in [0.1, 0.15) is 47.2 Å². The van der Waals surface area contributed by atoms with Crippen molar-refractivity contribution in [1.29, 1.82) is 0 Å². The molecule has 0 radical (unpaired) electrons. The fraction of sp³-hybridized carbons (Fsp3) is 0.385. The first kappa shape index (κ1) is 20.0. The van der Waals surface area contributed by atoms with Gasteiger partial charge in [-0.25, -0.2) is 0 Å². The third kappa shape index (κ3) is 3.47. The average molecular weight is 416 g/mol. The highest BCUT2D eigenvalue weighted by molar-refractivity contribution is 6.09. The Bertz CT molecular complexity index is 1200. The van der Waals surface area contributed by atoms with E-state index in [2.05, 4.69) is 18.0 Å². The lowest BCUT2D eigenvalue weighted by molar-refractivity contribution is 0.0989. The number of para-hydroxylation sites is 1. The van der Waals surface area contributed by atoms with Gasteiger partial charge in [0.05, 0.1) is 5.52 Å². The molecule has 2 aliphatic heterocycles. The van der Waals surface area contributed by atoms with Gasteiger partial charge in [0, 0.05) is 35.8 Å². The van der Waals surface area contributed by atoms with Gasteiger partial charge in [-0.1, -0.05) is 18.2 Å². The van der Waals surface area contributed by atoms with Crippen LogP contribution in [0.4, 0.5) is 5.69 Å². The zero-order chi connectivity index (χ0) is 21.5. The number of amides is 1. The molecule has 2 aliphatic rings. The fourth-order valence-electron chi connectivity index (χ4n) is 5.23. The van der Waals surface area contributed by atoms with Crippen molar-refractivity contribution in [3.05, 3.63) is 75.6 Å². The number of carbonyl (C=O) groups excluding carboxylic acids is 1. The van der Waals surface area contributed by atoms with Gasteiger partial charge < -0.3 is 14.4 Å². The number of aryl methyl sites for hydroxylation is 1. The number of fused-ring (bicyclic) bond motifs is 2. The molecule has 5 heteroatoms. The average Bonchev–Trinajstić information content (AvgIpc) is 3.22. The highest BCUT2D eigenvalue weighted by atomic mass is 16.2. The number of pyridine rings is 1. The summed E-state index contributed by atoms with van der Waals surface area (Å²) < 4.78 is 1.81. The Morgan fingerprint density at radius 2 is 1.81 bits per heavy atom. The number of carbonyl (C=O) groups is 1. The van der Waals surface area contributed by atoms with E-state index in [0.717, 1.165) is 54.5 Å². The van der Waals surface area contributed by atoms with Crippen LogP contribution in [-0.2, 0) is 13.0 Å². The van der Waals surface area contributed by atoms with Crippen molar-refractivity contribution in [2.45, 2.75) is 38.6 Å². The number of benzene rings is 2. The molecule has 5 rings (SSSR count). The first-order chi connectivity index (χ1) is 15.1. The summed E-state index contributed by atoms with van der Waals surface area (Å²) in [7, 11) is 2.15. The van der Waals surface area contributed by atoms with E-state index in [4.69, 9.17) is 0 Å². The number of rotatable bonds is 3. The maximum absolute atomic E-state index is 13.5. The zero-order valence-electron chi connectivity index (χ0n) is 18.3. The van der Waals surface area contributed by atoms with Gasteiger partial charge in [0.15, 0.2) is 0 Å². The number of nitrogens with zero attached hydrogens (tertiary/aromatic N) is 3. The molecule has 3 aromatic rings. The van der Waals surface area contributed by atoms with Crippen LogP contribution in [-0.4, -0.2) is 42.1 Å². The van der Waals surface area contributed by atoms with Crippen LogP contribution in [0, 0.1) is 0 Å². The van der Waals surface area contributed by atoms with Crippen molar-refractivity contribution in [3.8, 4) is 0 Å². The number of aromatic nitrogens is 1. The summed E-state index contributed by atoms with van der Waals surface area (Å²) >= 11 is 0. The Morgan fingerprint density at radius 1 is 1.03 bits per heavy atom. The van der Waals surface area contributed by atoms with Gasteiger partial charge in [-0.3, -0.25) is 9.59 Å². The van der Waals surface area contributed by atoms with Crippen LogP contribution in [0.25, 0.3) is 10.9 Å². The molecular formula is C26H29N3O2. The Kier molecular flexibility index (Phi) is 5.14. The maximum atomic E-state index is 13.5. The van der Waals surface area contributed by atoms with Gasteiger partial charge in [-0.05, 0) is 87.6 Å². The monoisotopic (exact) mass is 415 g/mol. The summed E-state index contributed by atoms with van der Waals surface area (Å²) in [4.78, 5) is 30.5. The molecule has 5 nitrogen and oxygen atoms in total. The summed E-state index contributed by atoms with van der Waals surface area (Å²) in [6, 6.07) is 15.8. The molecule has 3 heterocycles. The lowest BCUT2D eigenvalue weighted by Crippen LogP contribution is -2.31. The van der Waals surface area contributed by atoms with Crippen LogP contribution in [0.5, 0.6) is 0 Å².